The van der Waals surface area contributed by atoms with Gasteiger partial charge in [-0.25, -0.2) is 15.0 Å². The van der Waals surface area contributed by atoms with E-state index in [4.69, 9.17) is 9.72 Å². The number of anilines is 1. The summed E-state index contributed by atoms with van der Waals surface area (Å²) in [4.78, 5) is 17.6. The van der Waals surface area contributed by atoms with Crippen molar-refractivity contribution in [2.75, 3.05) is 12.4 Å². The number of rotatable bonds is 6. The third-order valence-corrected chi connectivity index (χ3v) is 4.92. The number of ether oxygens (including phenoxy) is 1. The minimum absolute atomic E-state index is 0.417. The number of aromatic nitrogens is 6. The van der Waals surface area contributed by atoms with Crippen LogP contribution in [0.15, 0.2) is 67.1 Å². The van der Waals surface area contributed by atoms with Crippen molar-refractivity contribution in [2.24, 2.45) is 0 Å². The predicted molar refractivity (Wildman–Crippen MR) is 118 cm³/mol. The first-order valence-electron chi connectivity index (χ1n) is 9.86. The van der Waals surface area contributed by atoms with E-state index >= 15 is 0 Å². The lowest BCUT2D eigenvalue weighted by atomic mass is 10.1. The van der Waals surface area contributed by atoms with Crippen molar-refractivity contribution in [1.29, 1.82) is 0 Å². The van der Waals surface area contributed by atoms with Gasteiger partial charge in [0.2, 0.25) is 5.95 Å². The minimum Gasteiger partial charge on any atom is -0.497 e. The maximum absolute atomic E-state index is 13.7. The fourth-order valence-electron chi connectivity index (χ4n) is 3.32. The lowest BCUT2D eigenvalue weighted by Crippen LogP contribution is -2.03. The molecule has 1 aromatic carbocycles. The van der Waals surface area contributed by atoms with E-state index in [2.05, 4.69) is 30.5 Å². The van der Waals surface area contributed by atoms with Crippen molar-refractivity contribution in [3.8, 4) is 28.5 Å². The molecule has 0 saturated heterocycles. The van der Waals surface area contributed by atoms with Crippen molar-refractivity contribution in [2.45, 2.75) is 6.54 Å². The smallest absolute Gasteiger partial charge is 0.213 e. The number of halogens is 1. The fourth-order valence-corrected chi connectivity index (χ4v) is 3.32. The average molecular weight is 427 g/mol. The topological polar surface area (TPSA) is 102 Å². The molecule has 2 N–H and O–H groups in total. The van der Waals surface area contributed by atoms with Crippen LogP contribution in [0, 0.1) is 5.95 Å². The van der Waals surface area contributed by atoms with E-state index in [1.54, 1.807) is 37.8 Å². The first-order valence-corrected chi connectivity index (χ1v) is 9.86. The van der Waals surface area contributed by atoms with Crippen LogP contribution in [0.1, 0.15) is 5.56 Å². The number of hydrogen-bond donors (Lipinski definition) is 2. The van der Waals surface area contributed by atoms with Gasteiger partial charge in [0, 0.05) is 11.9 Å². The van der Waals surface area contributed by atoms with Crippen LogP contribution in [-0.4, -0.2) is 37.2 Å². The molecule has 32 heavy (non-hydrogen) atoms. The molecule has 0 aliphatic rings. The van der Waals surface area contributed by atoms with E-state index in [0.717, 1.165) is 22.2 Å². The molecule has 4 aromatic heterocycles. The second-order valence-electron chi connectivity index (χ2n) is 7.02. The molecule has 0 spiro atoms. The lowest BCUT2D eigenvalue weighted by molar-refractivity contribution is 0.414. The molecule has 5 aromatic rings. The molecule has 0 bridgehead atoms. The van der Waals surface area contributed by atoms with Crippen molar-refractivity contribution in [3.05, 3.63) is 78.6 Å². The second-order valence-corrected chi connectivity index (χ2v) is 7.02. The van der Waals surface area contributed by atoms with Gasteiger partial charge in [0.1, 0.15) is 23.0 Å². The van der Waals surface area contributed by atoms with E-state index in [0.29, 0.717) is 35.1 Å². The van der Waals surface area contributed by atoms with Gasteiger partial charge in [0.05, 0.1) is 42.6 Å². The molecule has 0 aliphatic carbocycles. The molecule has 0 saturated carbocycles. The Morgan fingerprint density at radius 3 is 2.62 bits per heavy atom. The van der Waals surface area contributed by atoms with Crippen LogP contribution in [0.5, 0.6) is 5.75 Å². The number of fused-ring (bicyclic) bond motifs is 1. The van der Waals surface area contributed by atoms with Crippen molar-refractivity contribution >= 4 is 16.7 Å². The van der Waals surface area contributed by atoms with Gasteiger partial charge in [-0.15, -0.1) is 0 Å². The van der Waals surface area contributed by atoms with Gasteiger partial charge in [0.15, 0.2) is 0 Å². The fraction of sp³-hybridized carbons (Fsp3) is 0.0870. The number of nitrogens with zero attached hydrogens (tertiary/aromatic N) is 5. The Kier molecular flexibility index (Phi) is 5.12. The quantitative estimate of drug-likeness (QED) is 0.391. The Labute approximate surface area is 182 Å². The molecule has 0 unspecified atom stereocenters. The van der Waals surface area contributed by atoms with Gasteiger partial charge in [-0.05, 0) is 35.9 Å². The maximum atomic E-state index is 13.7. The zero-order valence-electron chi connectivity index (χ0n) is 17.1. The molecule has 5 rings (SSSR count). The number of methoxy groups -OCH3 is 1. The zero-order valence-corrected chi connectivity index (χ0v) is 17.1. The molecule has 0 aliphatic heterocycles. The van der Waals surface area contributed by atoms with Crippen LogP contribution < -0.4 is 10.1 Å². The normalized spacial score (nSPS) is 10.9. The summed E-state index contributed by atoms with van der Waals surface area (Å²) in [5, 5.41) is 11.0. The van der Waals surface area contributed by atoms with Gasteiger partial charge in [-0.1, -0.05) is 18.2 Å². The van der Waals surface area contributed by atoms with Gasteiger partial charge in [0.25, 0.3) is 0 Å². The third kappa shape index (κ3) is 3.95. The monoisotopic (exact) mass is 427 g/mol. The molecule has 0 atom stereocenters. The van der Waals surface area contributed by atoms with Gasteiger partial charge < -0.3 is 10.1 Å². The van der Waals surface area contributed by atoms with Crippen LogP contribution in [0.2, 0.25) is 0 Å². The van der Waals surface area contributed by atoms with E-state index in [9.17, 15) is 4.39 Å². The Hall–Kier alpha value is -4.40. The summed E-state index contributed by atoms with van der Waals surface area (Å²) in [6.07, 6.45) is 4.93. The highest BCUT2D eigenvalue weighted by Gasteiger charge is 2.14. The molecule has 4 heterocycles. The van der Waals surface area contributed by atoms with Crippen LogP contribution in [0.4, 0.5) is 10.2 Å². The van der Waals surface area contributed by atoms with Crippen molar-refractivity contribution < 1.29 is 9.13 Å². The third-order valence-electron chi connectivity index (χ3n) is 4.92. The Bertz CT molecular complexity index is 1390. The van der Waals surface area contributed by atoms with E-state index in [1.165, 1.54) is 6.07 Å². The molecule has 0 amide bonds. The Morgan fingerprint density at radius 1 is 0.938 bits per heavy atom. The molecule has 0 radical (unpaired) electrons. The highest BCUT2D eigenvalue weighted by molar-refractivity contribution is 5.93. The first kappa shape index (κ1) is 19.6. The summed E-state index contributed by atoms with van der Waals surface area (Å²) in [6, 6.07) is 14.2. The van der Waals surface area contributed by atoms with Crippen LogP contribution in [0.3, 0.4) is 0 Å². The van der Waals surface area contributed by atoms with Crippen LogP contribution in [0.25, 0.3) is 33.7 Å². The van der Waals surface area contributed by atoms with E-state index in [-0.39, 0.29) is 0 Å². The number of hydrogen-bond acceptors (Lipinski definition) is 7. The Balaban J connectivity index is 1.46. The van der Waals surface area contributed by atoms with E-state index < -0.39 is 5.95 Å². The summed E-state index contributed by atoms with van der Waals surface area (Å²) in [7, 11) is 1.64. The number of H-pyrrole nitrogens is 1. The van der Waals surface area contributed by atoms with Crippen molar-refractivity contribution in [3.63, 3.8) is 0 Å². The lowest BCUT2D eigenvalue weighted by Gasteiger charge is -2.09. The summed E-state index contributed by atoms with van der Waals surface area (Å²) in [5.74, 6) is 0.838. The van der Waals surface area contributed by atoms with Gasteiger partial charge in [-0.2, -0.15) is 9.49 Å². The number of aromatic amines is 1. The number of pyridine rings is 2. The number of benzene rings is 1. The summed E-state index contributed by atoms with van der Waals surface area (Å²) in [5.41, 5.74) is 3.90. The average Bonchev–Trinajstić information content (AvgIpc) is 3.31. The molecule has 158 valence electrons. The van der Waals surface area contributed by atoms with Crippen molar-refractivity contribution in [1.82, 2.24) is 30.1 Å². The highest BCUT2D eigenvalue weighted by atomic mass is 19.1. The van der Waals surface area contributed by atoms with Gasteiger partial charge in [-0.3, -0.25) is 10.1 Å². The summed E-state index contributed by atoms with van der Waals surface area (Å²) < 4.78 is 18.9. The van der Waals surface area contributed by atoms with E-state index in [1.807, 2.05) is 30.3 Å². The second kappa shape index (κ2) is 8.38. The predicted octanol–water partition coefficient (Wildman–Crippen LogP) is 4.24. The van der Waals surface area contributed by atoms with Gasteiger partial charge >= 0.3 is 0 Å². The SMILES string of the molecule is COc1ccc(CNc2cncc(-c3cc4[nH]ncc4c(-c4cccc(F)n4)n3)n2)cc1. The molecule has 9 heteroatoms. The first-order chi connectivity index (χ1) is 15.7. The highest BCUT2D eigenvalue weighted by Crippen LogP contribution is 2.28. The molecular formula is C23H18FN7O. The zero-order chi connectivity index (χ0) is 21.9. The Morgan fingerprint density at radius 2 is 1.81 bits per heavy atom. The molecular weight excluding hydrogens is 409 g/mol. The van der Waals surface area contributed by atoms with Crippen LogP contribution in [-0.2, 0) is 6.54 Å². The largest absolute Gasteiger partial charge is 0.497 e. The standard InChI is InChI=1S/C23H18FN7O/c1-32-15-7-5-14(6-8-15)10-26-22-13-25-12-20(29-22)19-9-18-16(11-27-31-18)23(30-19)17-3-2-4-21(24)28-17/h2-9,11-13H,10H2,1H3,(H,26,29)(H,27,31). The molecule has 8 nitrogen and oxygen atoms in total. The molecule has 0 fully saturated rings. The van der Waals surface area contributed by atoms with Crippen LogP contribution >= 0.6 is 0 Å². The summed E-state index contributed by atoms with van der Waals surface area (Å²) in [6.45, 7) is 0.577. The minimum atomic E-state index is -0.573. The number of nitrogens with one attached hydrogen (secondary N) is 2. The summed E-state index contributed by atoms with van der Waals surface area (Å²) >= 11 is 0. The maximum Gasteiger partial charge on any atom is 0.213 e.